The van der Waals surface area contributed by atoms with Crippen LogP contribution in [0.5, 0.6) is 0 Å². The van der Waals surface area contributed by atoms with Gasteiger partial charge in [0.15, 0.2) is 0 Å². The van der Waals surface area contributed by atoms with Crippen molar-refractivity contribution in [3.63, 3.8) is 0 Å². The smallest absolute Gasteiger partial charge is 0.0829 e. The number of hydrogen-bond donors (Lipinski definition) is 1. The number of fused-ring (bicyclic) bond motifs is 4. The summed E-state index contributed by atoms with van der Waals surface area (Å²) in [5, 5.41) is 10.1. The van der Waals surface area contributed by atoms with E-state index in [1.54, 1.807) is 0 Å². The molecule has 2 bridgehead atoms. The summed E-state index contributed by atoms with van der Waals surface area (Å²) in [5.41, 5.74) is 1.25. The van der Waals surface area contributed by atoms with Crippen molar-refractivity contribution in [2.45, 2.75) is 38.2 Å². The number of rotatable bonds is 0. The van der Waals surface area contributed by atoms with Gasteiger partial charge in [-0.15, -0.1) is 11.3 Å². The van der Waals surface area contributed by atoms with Crippen LogP contribution in [0.1, 0.15) is 46.6 Å². The van der Waals surface area contributed by atoms with E-state index in [9.17, 15) is 5.11 Å². The van der Waals surface area contributed by atoms with E-state index in [0.717, 1.165) is 5.92 Å². The summed E-state index contributed by atoms with van der Waals surface area (Å²) in [4.78, 5) is 2.84. The molecular weight excluding hydrogens is 180 g/mol. The fourth-order valence-electron chi connectivity index (χ4n) is 2.90. The maximum atomic E-state index is 10.1. The SMILES string of the molecule is Cc1cc2c(s1)C1CCC(C1)C2O. The van der Waals surface area contributed by atoms with Crippen molar-refractivity contribution in [1.82, 2.24) is 0 Å². The largest absolute Gasteiger partial charge is 0.388 e. The van der Waals surface area contributed by atoms with Gasteiger partial charge in [0, 0.05) is 9.75 Å². The second-order valence-electron chi connectivity index (χ2n) is 4.39. The molecule has 1 saturated carbocycles. The van der Waals surface area contributed by atoms with Crippen LogP contribution in [0.25, 0.3) is 0 Å². The number of thiophene rings is 1. The van der Waals surface area contributed by atoms with Crippen LogP contribution >= 0.6 is 11.3 Å². The Labute approximate surface area is 82.4 Å². The van der Waals surface area contributed by atoms with E-state index in [-0.39, 0.29) is 6.10 Å². The molecule has 3 atom stereocenters. The molecule has 0 radical (unpaired) electrons. The van der Waals surface area contributed by atoms with Crippen LogP contribution in [0.4, 0.5) is 0 Å². The van der Waals surface area contributed by atoms with Crippen molar-refractivity contribution in [3.05, 3.63) is 21.4 Å². The quantitative estimate of drug-likeness (QED) is 0.673. The van der Waals surface area contributed by atoms with Gasteiger partial charge in [-0.25, -0.2) is 0 Å². The summed E-state index contributed by atoms with van der Waals surface area (Å²) in [6, 6.07) is 2.19. The molecule has 1 fully saturated rings. The van der Waals surface area contributed by atoms with Crippen LogP contribution in [-0.2, 0) is 0 Å². The molecule has 0 aliphatic heterocycles. The minimum Gasteiger partial charge on any atom is -0.388 e. The van der Waals surface area contributed by atoms with Crippen LogP contribution in [0.3, 0.4) is 0 Å². The van der Waals surface area contributed by atoms with Crippen molar-refractivity contribution in [1.29, 1.82) is 0 Å². The fourth-order valence-corrected chi connectivity index (χ4v) is 4.11. The van der Waals surface area contributed by atoms with Crippen LogP contribution in [-0.4, -0.2) is 5.11 Å². The van der Waals surface area contributed by atoms with Gasteiger partial charge in [0.2, 0.25) is 0 Å². The van der Waals surface area contributed by atoms with Gasteiger partial charge in [-0.3, -0.25) is 0 Å². The summed E-state index contributed by atoms with van der Waals surface area (Å²) < 4.78 is 0. The molecule has 2 aliphatic carbocycles. The highest BCUT2D eigenvalue weighted by Crippen LogP contribution is 2.53. The zero-order valence-corrected chi connectivity index (χ0v) is 8.60. The number of aliphatic hydroxyl groups is 1. The summed E-state index contributed by atoms with van der Waals surface area (Å²) >= 11 is 1.89. The first-order valence-corrected chi connectivity index (χ1v) is 5.85. The van der Waals surface area contributed by atoms with Crippen molar-refractivity contribution in [2.24, 2.45) is 5.92 Å². The third-order valence-corrected chi connectivity index (χ3v) is 4.75. The van der Waals surface area contributed by atoms with Crippen molar-refractivity contribution < 1.29 is 5.11 Å². The Kier molecular flexibility index (Phi) is 1.59. The van der Waals surface area contributed by atoms with Crippen LogP contribution in [0, 0.1) is 12.8 Å². The molecule has 1 nitrogen and oxygen atoms in total. The lowest BCUT2D eigenvalue weighted by Gasteiger charge is -2.24. The molecule has 1 heterocycles. The topological polar surface area (TPSA) is 20.2 Å². The summed E-state index contributed by atoms with van der Waals surface area (Å²) in [5.74, 6) is 1.34. The van der Waals surface area contributed by atoms with Gasteiger partial charge in [0.05, 0.1) is 6.10 Å². The van der Waals surface area contributed by atoms with Gasteiger partial charge < -0.3 is 5.11 Å². The zero-order valence-electron chi connectivity index (χ0n) is 7.79. The predicted octanol–water partition coefficient (Wildman–Crippen LogP) is 2.99. The molecule has 13 heavy (non-hydrogen) atoms. The van der Waals surface area contributed by atoms with Crippen LogP contribution < -0.4 is 0 Å². The highest BCUT2D eigenvalue weighted by molar-refractivity contribution is 7.12. The molecule has 70 valence electrons. The third-order valence-electron chi connectivity index (χ3n) is 3.52. The lowest BCUT2D eigenvalue weighted by molar-refractivity contribution is 0.105. The monoisotopic (exact) mass is 194 g/mol. The van der Waals surface area contributed by atoms with Gasteiger partial charge in [-0.1, -0.05) is 0 Å². The maximum Gasteiger partial charge on any atom is 0.0829 e. The third kappa shape index (κ3) is 1.02. The molecule has 0 aromatic carbocycles. The Bertz CT molecular complexity index is 328. The van der Waals surface area contributed by atoms with Gasteiger partial charge in [0.1, 0.15) is 0 Å². The molecule has 0 spiro atoms. The predicted molar refractivity (Wildman–Crippen MR) is 54.1 cm³/mol. The van der Waals surface area contributed by atoms with E-state index in [1.165, 1.54) is 34.6 Å². The second kappa shape index (κ2) is 2.58. The second-order valence-corrected chi connectivity index (χ2v) is 5.68. The molecule has 2 aliphatic rings. The lowest BCUT2D eigenvalue weighted by Crippen LogP contribution is -2.14. The maximum absolute atomic E-state index is 10.1. The molecule has 3 rings (SSSR count). The van der Waals surface area contributed by atoms with Gasteiger partial charge >= 0.3 is 0 Å². The van der Waals surface area contributed by atoms with Crippen LogP contribution in [0.15, 0.2) is 6.07 Å². The van der Waals surface area contributed by atoms with E-state index in [0.29, 0.717) is 5.92 Å². The van der Waals surface area contributed by atoms with Gasteiger partial charge in [0.25, 0.3) is 0 Å². The molecule has 0 saturated heterocycles. The van der Waals surface area contributed by atoms with E-state index in [2.05, 4.69) is 13.0 Å². The molecule has 0 amide bonds. The molecule has 1 N–H and O–H groups in total. The fraction of sp³-hybridized carbons (Fsp3) is 0.636. The van der Waals surface area contributed by atoms with Crippen molar-refractivity contribution in [2.75, 3.05) is 0 Å². The van der Waals surface area contributed by atoms with Crippen LogP contribution in [0.2, 0.25) is 0 Å². The first-order valence-electron chi connectivity index (χ1n) is 5.04. The van der Waals surface area contributed by atoms with E-state index in [4.69, 9.17) is 0 Å². The zero-order chi connectivity index (χ0) is 9.00. The lowest BCUT2D eigenvalue weighted by atomic mass is 9.86. The van der Waals surface area contributed by atoms with Gasteiger partial charge in [-0.05, 0) is 49.7 Å². The van der Waals surface area contributed by atoms with Gasteiger partial charge in [-0.2, -0.15) is 0 Å². The number of hydrogen-bond acceptors (Lipinski definition) is 2. The Hall–Kier alpha value is -0.340. The Morgan fingerprint density at radius 2 is 2.31 bits per heavy atom. The van der Waals surface area contributed by atoms with E-state index >= 15 is 0 Å². The Balaban J connectivity index is 2.15. The molecule has 2 heteroatoms. The van der Waals surface area contributed by atoms with Crippen molar-refractivity contribution in [3.8, 4) is 0 Å². The summed E-state index contributed by atoms with van der Waals surface area (Å²) in [6.45, 7) is 2.14. The first kappa shape index (κ1) is 8.01. The Morgan fingerprint density at radius 3 is 3.15 bits per heavy atom. The molecule has 3 unspecified atom stereocenters. The van der Waals surface area contributed by atoms with E-state index < -0.39 is 0 Å². The van der Waals surface area contributed by atoms with E-state index in [1.807, 2.05) is 11.3 Å². The minimum absolute atomic E-state index is 0.154. The molecule has 1 aromatic heterocycles. The average molecular weight is 194 g/mol. The minimum atomic E-state index is -0.154. The first-order chi connectivity index (χ1) is 6.25. The molecule has 1 aromatic rings. The molecular formula is C11H14OS. The standard InChI is InChI=1S/C11H14OS/c1-6-4-9-10(12)7-2-3-8(5-7)11(9)13-6/h4,7-8,10,12H,2-3,5H2,1H3. The number of aliphatic hydroxyl groups excluding tert-OH is 1. The number of aryl methyl sites for hydroxylation is 1. The summed E-state index contributed by atoms with van der Waals surface area (Å²) in [7, 11) is 0. The highest BCUT2D eigenvalue weighted by Gasteiger charge is 2.39. The highest BCUT2D eigenvalue weighted by atomic mass is 32.1. The summed E-state index contributed by atoms with van der Waals surface area (Å²) in [6.07, 6.45) is 3.61. The normalized spacial score (nSPS) is 36.3. The Morgan fingerprint density at radius 1 is 1.46 bits per heavy atom. The average Bonchev–Trinajstić information content (AvgIpc) is 2.65. The van der Waals surface area contributed by atoms with Crippen molar-refractivity contribution >= 4 is 11.3 Å².